The third-order valence-electron chi connectivity index (χ3n) is 16.3. The van der Waals surface area contributed by atoms with E-state index in [0.717, 1.165) is 56.5 Å². The number of thioether (sulfide) groups is 4. The molecule has 8 N–H and O–H groups in total. The van der Waals surface area contributed by atoms with Gasteiger partial charge in [0.15, 0.2) is 25.5 Å². The van der Waals surface area contributed by atoms with Crippen LogP contribution in [0.4, 0.5) is 11.4 Å². The zero-order valence-electron chi connectivity index (χ0n) is 53.8. The minimum absolute atomic E-state index is 0.271. The van der Waals surface area contributed by atoms with Crippen LogP contribution in [0.5, 0.6) is 0 Å². The summed E-state index contributed by atoms with van der Waals surface area (Å²) in [6.07, 6.45) is 0. The fourth-order valence-corrected chi connectivity index (χ4v) is 16.7. The van der Waals surface area contributed by atoms with Gasteiger partial charge in [-0.2, -0.15) is 0 Å². The van der Waals surface area contributed by atoms with Crippen LogP contribution in [-0.4, -0.2) is 115 Å². The van der Waals surface area contributed by atoms with Crippen molar-refractivity contribution in [3.8, 4) is 44.9 Å². The standard InChI is InChI=1S/C39H40N4O4S3.C37H36N4O4S3/c40-19-21-42(23-25-48-31-9-3-1-4-10-31)29-15-17-33-36(27-29)47-37-28-30(43(22-20-41)24-26-49-32-11-5-2-6-12-32)16-18-34(37)39(33)35-13-7-8-14-38(35)50(44,45)46;38-19-21-40(25-46-29-9-3-1-4-10-29)27-15-17-31-34(23-27)45-35-24-28(41(22-20-39)26-47-30-11-5-2-6-12-30)16-18-32(35)37(31)33-13-7-8-14-36(33)48(42,43)44/h1-18,27-28H,19-26,40-41H2;1-18,23-24H,19-22,25-26,38-39H2. The number of rotatable bonds is 28. The molecule has 0 saturated carbocycles. The summed E-state index contributed by atoms with van der Waals surface area (Å²) in [6.45, 7) is 5.96. The molecular formula is C76H76N8O8S6. The molecule has 0 bridgehead atoms. The van der Waals surface area contributed by atoms with Crippen molar-refractivity contribution in [3.63, 3.8) is 0 Å². The quantitative estimate of drug-likeness (QED) is 0.0117. The van der Waals surface area contributed by atoms with Gasteiger partial charge in [0.05, 0.1) is 46.6 Å². The van der Waals surface area contributed by atoms with Gasteiger partial charge in [0.2, 0.25) is 10.7 Å². The first kappa shape index (κ1) is 71.1. The highest BCUT2D eigenvalue weighted by Crippen LogP contribution is 2.45. The van der Waals surface area contributed by atoms with E-state index in [1.54, 1.807) is 83.4 Å². The van der Waals surface area contributed by atoms with E-state index < -0.39 is 20.2 Å². The second-order valence-electron chi connectivity index (χ2n) is 22.7. The molecular weight excluding hydrogens is 1350 g/mol. The van der Waals surface area contributed by atoms with Crippen LogP contribution >= 0.6 is 47.0 Å². The van der Waals surface area contributed by atoms with Crippen LogP contribution in [0.25, 0.3) is 66.8 Å². The minimum Gasteiger partial charge on any atom is -0.744 e. The van der Waals surface area contributed by atoms with Gasteiger partial charge in [-0.3, -0.25) is 0 Å². The van der Waals surface area contributed by atoms with Crippen molar-refractivity contribution in [1.82, 2.24) is 9.15 Å². The molecule has 16 nitrogen and oxygen atoms in total. The average molecular weight is 1420 g/mol. The monoisotopic (exact) mass is 1420 g/mol. The highest BCUT2D eigenvalue weighted by Gasteiger charge is 2.26. The van der Waals surface area contributed by atoms with Gasteiger partial charge in [0.1, 0.15) is 42.9 Å². The number of fused-ring (bicyclic) bond motifs is 4. The van der Waals surface area contributed by atoms with Crippen molar-refractivity contribution in [3.05, 3.63) is 253 Å². The zero-order chi connectivity index (χ0) is 68.4. The summed E-state index contributed by atoms with van der Waals surface area (Å²) >= 11 is 6.99. The molecule has 0 unspecified atom stereocenters. The van der Waals surface area contributed by atoms with Crippen molar-refractivity contribution >= 4 is 101 Å². The van der Waals surface area contributed by atoms with Gasteiger partial charge in [0.25, 0.3) is 0 Å². The van der Waals surface area contributed by atoms with Gasteiger partial charge in [-0.25, -0.2) is 26.0 Å². The SMILES string of the molecule is NCCN(CCSc1ccccc1)c1ccc2c(-c3ccccc3S(=O)(=O)[O-])c3ccc(=[N+](CCN)CCSc4ccccc4)cc-3oc2c1.NCCN(CSc1ccccc1)c1ccc2c(-c3ccccc3S(=O)(=O)[O-])c3cc/c(=[N+](\CCN)CSc4ccccc4)cc-3oc2c1. The maximum atomic E-state index is 12.5. The van der Waals surface area contributed by atoms with Crippen LogP contribution in [0.2, 0.25) is 0 Å². The first-order chi connectivity index (χ1) is 47.7. The van der Waals surface area contributed by atoms with E-state index >= 15 is 0 Å². The Kier molecular flexibility index (Phi) is 24.7. The Morgan fingerprint density at radius 1 is 0.378 bits per heavy atom. The van der Waals surface area contributed by atoms with E-state index in [-0.39, 0.29) is 9.79 Å². The Hall–Kier alpha value is -8.20. The summed E-state index contributed by atoms with van der Waals surface area (Å²) in [5, 5.41) is 3.25. The van der Waals surface area contributed by atoms with E-state index in [9.17, 15) is 25.9 Å². The van der Waals surface area contributed by atoms with Gasteiger partial charge < -0.3 is 50.7 Å². The number of hydrogen-bond donors (Lipinski definition) is 4. The van der Waals surface area contributed by atoms with Gasteiger partial charge in [-0.05, 0) is 97.1 Å². The molecule has 98 heavy (non-hydrogen) atoms. The topological polar surface area (TPSA) is 257 Å². The van der Waals surface area contributed by atoms with Crippen molar-refractivity contribution in [1.29, 1.82) is 0 Å². The molecule has 0 radical (unpaired) electrons. The summed E-state index contributed by atoms with van der Waals surface area (Å²) in [5.74, 6) is 4.19. The largest absolute Gasteiger partial charge is 0.744 e. The molecule has 8 aromatic carbocycles. The molecule has 0 amide bonds. The number of nitrogens with two attached hydrogens (primary N) is 4. The predicted molar refractivity (Wildman–Crippen MR) is 402 cm³/mol. The molecule has 8 aromatic rings. The maximum Gasteiger partial charge on any atom is 0.204 e. The van der Waals surface area contributed by atoms with E-state index in [2.05, 4.69) is 67.5 Å². The molecule has 2 heterocycles. The number of hydrogen-bond acceptors (Lipinski definition) is 18. The minimum atomic E-state index is -4.77. The summed E-state index contributed by atoms with van der Waals surface area (Å²) in [7, 11) is -9.55. The highest BCUT2D eigenvalue weighted by atomic mass is 32.2. The molecule has 22 heteroatoms. The van der Waals surface area contributed by atoms with Crippen molar-refractivity contribution in [2.45, 2.75) is 29.4 Å². The van der Waals surface area contributed by atoms with Crippen LogP contribution in [0.1, 0.15) is 0 Å². The lowest BCUT2D eigenvalue weighted by molar-refractivity contribution is 0.461. The zero-order valence-corrected chi connectivity index (χ0v) is 58.7. The van der Waals surface area contributed by atoms with Gasteiger partial charge in [0, 0.05) is 138 Å². The molecule has 2 aliphatic heterocycles. The molecule has 12 rings (SSSR count). The second-order valence-corrected chi connectivity index (χ2v) is 29.8. The van der Waals surface area contributed by atoms with E-state index in [1.165, 1.54) is 21.9 Å². The molecule has 0 aromatic heterocycles. The second kappa shape index (κ2) is 34.0. The Balaban J connectivity index is 0.000000199. The molecule has 0 saturated heterocycles. The van der Waals surface area contributed by atoms with Crippen LogP contribution in [-0.2, 0) is 20.2 Å². The van der Waals surface area contributed by atoms with Gasteiger partial charge in [-0.1, -0.05) is 121 Å². The molecule has 0 fully saturated rings. The lowest BCUT2D eigenvalue weighted by atomic mass is 9.93. The molecule has 2 aliphatic carbocycles. The first-order valence-electron chi connectivity index (χ1n) is 32.0. The Labute approximate surface area is 589 Å². The summed E-state index contributed by atoms with van der Waals surface area (Å²) in [6, 6.07) is 77.2. The van der Waals surface area contributed by atoms with Crippen molar-refractivity contribution in [2.75, 3.05) is 98.5 Å². The van der Waals surface area contributed by atoms with Crippen LogP contribution in [0.15, 0.2) is 281 Å². The Morgan fingerprint density at radius 3 is 1.26 bits per heavy atom. The smallest absolute Gasteiger partial charge is 0.204 e. The maximum absolute atomic E-state index is 12.5. The number of nitrogens with zero attached hydrogens (tertiary/aromatic N) is 4. The lowest BCUT2D eigenvalue weighted by Crippen LogP contribution is -2.36. The van der Waals surface area contributed by atoms with E-state index in [4.69, 9.17) is 31.8 Å². The molecule has 504 valence electrons. The summed E-state index contributed by atoms with van der Waals surface area (Å²) < 4.78 is 92.7. The van der Waals surface area contributed by atoms with Gasteiger partial charge in [-0.15, -0.1) is 35.3 Å². The van der Waals surface area contributed by atoms with Crippen molar-refractivity contribution < 1.29 is 34.8 Å². The predicted octanol–water partition coefficient (Wildman–Crippen LogP) is 12.3. The van der Waals surface area contributed by atoms with Crippen LogP contribution in [0, 0.1) is 0 Å². The normalized spacial score (nSPS) is 12.4. The summed E-state index contributed by atoms with van der Waals surface area (Å²) in [5.41, 5.74) is 30.5. The third-order valence-corrected chi connectivity index (χ3v) is 22.2. The fourth-order valence-electron chi connectivity index (χ4n) is 11.7. The fraction of sp³-hybridized carbons (Fsp3) is 0.184. The third kappa shape index (κ3) is 18.0. The Morgan fingerprint density at radius 2 is 0.786 bits per heavy atom. The van der Waals surface area contributed by atoms with E-state index in [0.29, 0.717) is 131 Å². The van der Waals surface area contributed by atoms with E-state index in [1.807, 2.05) is 146 Å². The number of anilines is 2. The van der Waals surface area contributed by atoms with Crippen LogP contribution < -0.4 is 52.6 Å². The molecule has 0 atom stereocenters. The van der Waals surface area contributed by atoms with Crippen molar-refractivity contribution in [2.24, 2.45) is 22.9 Å². The first-order valence-corrected chi connectivity index (χ1v) is 38.8. The average Bonchev–Trinajstić information content (AvgIpc) is 0.749. The lowest BCUT2D eigenvalue weighted by Gasteiger charge is -2.25. The Bertz CT molecular complexity index is 4980. The molecule has 0 spiro atoms. The highest BCUT2D eigenvalue weighted by molar-refractivity contribution is 8.00. The van der Waals surface area contributed by atoms with Crippen LogP contribution in [0.3, 0.4) is 0 Å². The number of benzene rings is 10. The summed E-state index contributed by atoms with van der Waals surface area (Å²) in [4.78, 5) is 8.57. The van der Waals surface area contributed by atoms with Gasteiger partial charge >= 0.3 is 0 Å². The molecule has 4 aliphatic rings.